The van der Waals surface area contributed by atoms with Crippen molar-refractivity contribution in [2.75, 3.05) is 0 Å². The number of nitrogens with one attached hydrogen (secondary N) is 4. The molecule has 0 heterocycles. The van der Waals surface area contributed by atoms with Gasteiger partial charge in [-0.25, -0.2) is 0 Å². The molecule has 13 heteroatoms. The normalized spacial score (nSPS) is 19.8. The molecule has 4 atom stereocenters. The van der Waals surface area contributed by atoms with Crippen LogP contribution in [-0.2, 0) is 47.9 Å². The first-order valence-corrected chi connectivity index (χ1v) is 21.1. The Morgan fingerprint density at radius 1 is 0.396 bits per heavy atom. The summed E-state index contributed by atoms with van der Waals surface area (Å²) in [7, 11) is 0. The minimum atomic E-state index is 0. The monoisotopic (exact) mass is 1010 g/mol. The van der Waals surface area contributed by atoms with Crippen LogP contribution in [0.4, 0.5) is 0 Å². The van der Waals surface area contributed by atoms with Gasteiger partial charge in [-0.05, 0) is 98.5 Å². The quantitative estimate of drug-likeness (QED) is 0.0660. The van der Waals surface area contributed by atoms with Crippen LogP contribution in [0.2, 0.25) is 0 Å². The molecule has 6 rings (SSSR count). The molecule has 0 unspecified atom stereocenters. The second kappa shape index (κ2) is 22.3. The van der Waals surface area contributed by atoms with Gasteiger partial charge in [-0.15, -0.1) is 0 Å². The van der Waals surface area contributed by atoms with Gasteiger partial charge in [0.15, 0.2) is 0 Å². The van der Waals surface area contributed by atoms with Crippen molar-refractivity contribution >= 4 is 63.7 Å². The molecule has 8 N–H and O–H groups in total. The first-order valence-electron chi connectivity index (χ1n) is 17.9. The van der Waals surface area contributed by atoms with Gasteiger partial charge in [0.1, 0.15) is 23.0 Å². The number of halogens is 4. The average Bonchev–Trinajstić information content (AvgIpc) is 3.14. The molecule has 284 valence electrons. The van der Waals surface area contributed by atoms with Crippen LogP contribution < -0.4 is 21.3 Å². The fourth-order valence-electron chi connectivity index (χ4n) is 6.99. The number of benzene rings is 4. The molecule has 0 spiro atoms. The third-order valence-corrected chi connectivity index (χ3v) is 11.9. The van der Waals surface area contributed by atoms with Gasteiger partial charge < -0.3 is 41.7 Å². The zero-order chi connectivity index (χ0) is 37.0. The first kappa shape index (κ1) is 44.3. The smallest absolute Gasteiger partial charge is 0.120 e. The van der Waals surface area contributed by atoms with E-state index in [1.165, 1.54) is 25.7 Å². The van der Waals surface area contributed by atoms with E-state index in [4.69, 9.17) is 0 Å². The van der Waals surface area contributed by atoms with Gasteiger partial charge in [0.05, 0.1) is 0 Å². The van der Waals surface area contributed by atoms with Gasteiger partial charge in [-0.1, -0.05) is 89.4 Å². The summed E-state index contributed by atoms with van der Waals surface area (Å²) in [4.78, 5) is 0. The number of rotatable bonds is 12. The van der Waals surface area contributed by atoms with Crippen molar-refractivity contribution in [1.29, 1.82) is 0 Å². The van der Waals surface area contributed by atoms with E-state index in [-0.39, 0.29) is 21.7 Å². The summed E-state index contributed by atoms with van der Waals surface area (Å²) in [5, 5.41) is 54.5. The van der Waals surface area contributed by atoms with Crippen molar-refractivity contribution in [3.05, 3.63) is 113 Å². The van der Waals surface area contributed by atoms with E-state index in [1.54, 1.807) is 24.3 Å². The molecule has 53 heavy (non-hydrogen) atoms. The minimum absolute atomic E-state index is 0. The summed E-state index contributed by atoms with van der Waals surface area (Å²) < 4.78 is 3.87. The average molecular weight is 1020 g/mol. The standard InChI is InChI=1S/2C20H24Br2N2O2.Ti/c2*21-15-5-7-19(25)13(9-15)11-23-17-3-1-2-4-18(17)24-12-14-10-16(22)6-8-20(14)26;/h2*5-10,17-18,23-26H,1-4,11-12H2;/t2*17-,18-;/m11./s1. The second-order valence-electron chi connectivity index (χ2n) is 13.6. The molecule has 0 amide bonds. The summed E-state index contributed by atoms with van der Waals surface area (Å²) >= 11 is 13.8. The fraction of sp³-hybridized carbons (Fsp3) is 0.400. The Kier molecular flexibility index (Phi) is 18.7. The molecule has 2 aliphatic carbocycles. The van der Waals surface area contributed by atoms with Gasteiger partial charge in [0, 0.05) is 112 Å². The second-order valence-corrected chi connectivity index (χ2v) is 17.3. The maximum Gasteiger partial charge on any atom is 0.120 e. The number of aromatic hydroxyl groups is 4. The Balaban J connectivity index is 0.000000232. The zero-order valence-corrected chi connectivity index (χ0v) is 37.4. The molecular formula is C40H48Br4N4O4Ti. The predicted molar refractivity (Wildman–Crippen MR) is 223 cm³/mol. The van der Waals surface area contributed by atoms with Gasteiger partial charge >= 0.3 is 0 Å². The summed E-state index contributed by atoms with van der Waals surface area (Å²) in [6.07, 6.45) is 9.28. The molecule has 0 aromatic heterocycles. The Morgan fingerprint density at radius 2 is 0.604 bits per heavy atom. The van der Waals surface area contributed by atoms with Crippen LogP contribution in [0, 0.1) is 0 Å². The van der Waals surface area contributed by atoms with Crippen molar-refractivity contribution in [2.45, 2.75) is 102 Å². The number of hydrogen-bond donors (Lipinski definition) is 8. The van der Waals surface area contributed by atoms with E-state index < -0.39 is 0 Å². The van der Waals surface area contributed by atoms with Crippen LogP contribution >= 0.6 is 63.7 Å². The molecule has 2 fully saturated rings. The summed E-state index contributed by atoms with van der Waals surface area (Å²) in [6, 6.07) is 23.4. The molecular weight excluding hydrogens is 968 g/mol. The Labute approximate surface area is 361 Å². The van der Waals surface area contributed by atoms with E-state index in [9.17, 15) is 20.4 Å². The van der Waals surface area contributed by atoms with Gasteiger partial charge in [0.2, 0.25) is 0 Å². The van der Waals surface area contributed by atoms with Crippen molar-refractivity contribution in [3.8, 4) is 23.0 Å². The van der Waals surface area contributed by atoms with Crippen molar-refractivity contribution in [2.24, 2.45) is 0 Å². The van der Waals surface area contributed by atoms with Crippen molar-refractivity contribution < 1.29 is 42.1 Å². The maximum atomic E-state index is 10.0. The zero-order valence-electron chi connectivity index (χ0n) is 29.5. The minimum Gasteiger partial charge on any atom is -0.508 e. The largest absolute Gasteiger partial charge is 0.508 e. The fourth-order valence-corrected chi connectivity index (χ4v) is 8.62. The van der Waals surface area contributed by atoms with Gasteiger partial charge in [0.25, 0.3) is 0 Å². The molecule has 2 saturated carbocycles. The Bertz CT molecular complexity index is 1520. The van der Waals surface area contributed by atoms with E-state index >= 15 is 0 Å². The van der Waals surface area contributed by atoms with Crippen LogP contribution in [0.5, 0.6) is 23.0 Å². The molecule has 2 aliphatic rings. The first-order chi connectivity index (χ1) is 25.0. The van der Waals surface area contributed by atoms with Crippen molar-refractivity contribution in [1.82, 2.24) is 21.3 Å². The van der Waals surface area contributed by atoms with Gasteiger partial charge in [-0.2, -0.15) is 0 Å². The number of phenolic OH excluding ortho intramolecular Hbond substituents is 4. The van der Waals surface area contributed by atoms with E-state index in [0.29, 0.717) is 73.3 Å². The molecule has 4 aromatic rings. The van der Waals surface area contributed by atoms with Crippen LogP contribution in [0.3, 0.4) is 0 Å². The SMILES string of the molecule is Oc1ccc(Br)cc1CN[C@@H]1CCCC[C@H]1NCc1cc(Br)ccc1O.Oc1ccc(Br)cc1CN[C@@H]1CCCC[C@H]1NCc1cc(Br)ccc1O.[Ti]. The molecule has 0 aliphatic heterocycles. The molecule has 0 bridgehead atoms. The Hall–Kier alpha value is -1.45. The van der Waals surface area contributed by atoms with E-state index in [0.717, 1.165) is 65.8 Å². The van der Waals surface area contributed by atoms with E-state index in [2.05, 4.69) is 85.0 Å². The van der Waals surface area contributed by atoms with Crippen molar-refractivity contribution in [3.63, 3.8) is 0 Å². The topological polar surface area (TPSA) is 129 Å². The van der Waals surface area contributed by atoms with Crippen LogP contribution in [0.1, 0.15) is 73.6 Å². The van der Waals surface area contributed by atoms with E-state index in [1.807, 2.05) is 48.5 Å². The summed E-state index contributed by atoms with van der Waals surface area (Å²) in [5.74, 6) is 1.28. The molecule has 0 saturated heterocycles. The van der Waals surface area contributed by atoms with Crippen LogP contribution in [0.15, 0.2) is 90.7 Å². The molecule has 8 nitrogen and oxygen atoms in total. The predicted octanol–water partition coefficient (Wildman–Crippen LogP) is 9.62. The third kappa shape index (κ3) is 13.9. The number of hydrogen-bond acceptors (Lipinski definition) is 8. The maximum absolute atomic E-state index is 10.0. The third-order valence-electron chi connectivity index (χ3n) is 9.92. The van der Waals surface area contributed by atoms with Crippen LogP contribution in [0.25, 0.3) is 0 Å². The molecule has 4 aromatic carbocycles. The van der Waals surface area contributed by atoms with Gasteiger partial charge in [-0.3, -0.25) is 0 Å². The Morgan fingerprint density at radius 3 is 0.811 bits per heavy atom. The summed E-state index contributed by atoms with van der Waals surface area (Å²) in [5.41, 5.74) is 3.59. The summed E-state index contributed by atoms with van der Waals surface area (Å²) in [6.45, 7) is 2.54. The number of phenols is 4. The molecule has 0 radical (unpaired) electrons. The van der Waals surface area contributed by atoms with Crippen LogP contribution in [-0.4, -0.2) is 44.6 Å².